The van der Waals surface area contributed by atoms with Gasteiger partial charge in [-0.1, -0.05) is 28.1 Å². The molecule has 1 nitrogen and oxygen atoms in total. The van der Waals surface area contributed by atoms with E-state index >= 15 is 0 Å². The van der Waals surface area contributed by atoms with Gasteiger partial charge in [-0.2, -0.15) is 0 Å². The van der Waals surface area contributed by atoms with Crippen molar-refractivity contribution in [2.75, 3.05) is 13.6 Å². The van der Waals surface area contributed by atoms with E-state index in [2.05, 4.69) is 46.4 Å². The Kier molecular flexibility index (Phi) is 5.20. The van der Waals surface area contributed by atoms with Gasteiger partial charge in [0.05, 0.1) is 0 Å². The summed E-state index contributed by atoms with van der Waals surface area (Å²) in [6, 6.07) is 6.59. The Morgan fingerprint density at radius 1 is 1.29 bits per heavy atom. The Hall–Kier alpha value is -0.340. The summed E-state index contributed by atoms with van der Waals surface area (Å²) >= 11 is 3.60. The van der Waals surface area contributed by atoms with Crippen LogP contribution in [-0.2, 0) is 6.42 Å². The van der Waals surface area contributed by atoms with Crippen LogP contribution in [-0.4, -0.2) is 13.6 Å². The van der Waals surface area contributed by atoms with Crippen LogP contribution in [0, 0.1) is 6.92 Å². The molecule has 1 rings (SSSR count). The molecule has 2 heteroatoms. The highest BCUT2D eigenvalue weighted by molar-refractivity contribution is 9.10. The van der Waals surface area contributed by atoms with Crippen molar-refractivity contribution in [3.63, 3.8) is 0 Å². The number of rotatable bonds is 5. The second-order valence-corrected chi connectivity index (χ2v) is 4.51. The number of hydrogen-bond donors (Lipinski definition) is 1. The molecule has 0 aromatic heterocycles. The molecule has 0 bridgehead atoms. The van der Waals surface area contributed by atoms with Crippen molar-refractivity contribution >= 4 is 15.9 Å². The first-order valence-corrected chi connectivity index (χ1v) is 5.93. The lowest BCUT2D eigenvalue weighted by Gasteiger charge is -2.05. The van der Waals surface area contributed by atoms with E-state index in [1.807, 2.05) is 7.05 Å². The molecule has 0 aliphatic heterocycles. The highest BCUT2D eigenvalue weighted by Crippen LogP contribution is 2.19. The maximum atomic E-state index is 3.60. The third kappa shape index (κ3) is 3.81. The van der Waals surface area contributed by atoms with Crippen LogP contribution in [0.4, 0.5) is 0 Å². The van der Waals surface area contributed by atoms with E-state index in [1.165, 1.54) is 34.9 Å². The molecule has 0 atom stereocenters. The Labute approximate surface area is 95.0 Å². The third-order valence-corrected chi connectivity index (χ3v) is 3.07. The first-order valence-electron chi connectivity index (χ1n) is 5.13. The number of aryl methyl sites for hydroxylation is 2. The molecule has 0 aliphatic carbocycles. The van der Waals surface area contributed by atoms with Crippen molar-refractivity contribution in [2.45, 2.75) is 26.2 Å². The molecule has 0 amide bonds. The second kappa shape index (κ2) is 6.20. The third-order valence-electron chi connectivity index (χ3n) is 2.33. The number of unbranched alkanes of at least 4 members (excludes halogenated alkanes) is 1. The van der Waals surface area contributed by atoms with Crippen molar-refractivity contribution in [1.29, 1.82) is 0 Å². The highest BCUT2D eigenvalue weighted by Gasteiger charge is 1.99. The number of halogens is 1. The van der Waals surface area contributed by atoms with Gasteiger partial charge in [0.2, 0.25) is 0 Å². The van der Waals surface area contributed by atoms with E-state index in [1.54, 1.807) is 0 Å². The lowest BCUT2D eigenvalue weighted by atomic mass is 10.1. The monoisotopic (exact) mass is 255 g/mol. The van der Waals surface area contributed by atoms with Crippen molar-refractivity contribution in [3.8, 4) is 0 Å². The quantitative estimate of drug-likeness (QED) is 0.797. The van der Waals surface area contributed by atoms with Gasteiger partial charge in [-0.25, -0.2) is 0 Å². The van der Waals surface area contributed by atoms with Crippen LogP contribution >= 0.6 is 15.9 Å². The molecule has 0 radical (unpaired) electrons. The molecule has 0 aliphatic rings. The fraction of sp³-hybridized carbons (Fsp3) is 0.500. The number of hydrogen-bond acceptors (Lipinski definition) is 1. The summed E-state index contributed by atoms with van der Waals surface area (Å²) in [6.45, 7) is 3.24. The molecule has 0 unspecified atom stereocenters. The van der Waals surface area contributed by atoms with Gasteiger partial charge in [0.15, 0.2) is 0 Å². The molecule has 1 aromatic carbocycles. The summed E-state index contributed by atoms with van der Waals surface area (Å²) in [6.07, 6.45) is 3.67. The van der Waals surface area contributed by atoms with Crippen LogP contribution < -0.4 is 5.32 Å². The topological polar surface area (TPSA) is 12.0 Å². The molecule has 0 fully saturated rings. The predicted molar refractivity (Wildman–Crippen MR) is 65.7 cm³/mol. The van der Waals surface area contributed by atoms with Gasteiger partial charge in [0.25, 0.3) is 0 Å². The zero-order valence-electron chi connectivity index (χ0n) is 8.94. The van der Waals surface area contributed by atoms with E-state index in [0.717, 1.165) is 6.54 Å². The Morgan fingerprint density at radius 2 is 2.07 bits per heavy atom. The van der Waals surface area contributed by atoms with Crippen molar-refractivity contribution < 1.29 is 0 Å². The van der Waals surface area contributed by atoms with Crippen LogP contribution in [0.5, 0.6) is 0 Å². The van der Waals surface area contributed by atoms with Gasteiger partial charge in [-0.15, -0.1) is 0 Å². The van der Waals surface area contributed by atoms with Crippen molar-refractivity contribution in [2.24, 2.45) is 0 Å². The van der Waals surface area contributed by atoms with E-state index in [0.29, 0.717) is 0 Å². The first kappa shape index (κ1) is 11.7. The van der Waals surface area contributed by atoms with Crippen LogP contribution in [0.2, 0.25) is 0 Å². The van der Waals surface area contributed by atoms with Crippen molar-refractivity contribution in [1.82, 2.24) is 5.32 Å². The SMILES string of the molecule is CNCCCCc1ccc(C)cc1Br. The van der Waals surface area contributed by atoms with Crippen molar-refractivity contribution in [3.05, 3.63) is 33.8 Å². The Bertz CT molecular complexity index is 284. The van der Waals surface area contributed by atoms with Crippen LogP contribution in [0.3, 0.4) is 0 Å². The average molecular weight is 256 g/mol. The summed E-state index contributed by atoms with van der Waals surface area (Å²) in [4.78, 5) is 0. The van der Waals surface area contributed by atoms with Gasteiger partial charge in [0, 0.05) is 4.47 Å². The maximum Gasteiger partial charge on any atom is 0.0209 e. The number of benzene rings is 1. The summed E-state index contributed by atoms with van der Waals surface area (Å²) in [5.74, 6) is 0. The Morgan fingerprint density at radius 3 is 2.71 bits per heavy atom. The zero-order chi connectivity index (χ0) is 10.4. The fourth-order valence-electron chi connectivity index (χ4n) is 1.47. The van der Waals surface area contributed by atoms with E-state index in [-0.39, 0.29) is 0 Å². The largest absolute Gasteiger partial charge is 0.320 e. The molecule has 78 valence electrons. The molecule has 14 heavy (non-hydrogen) atoms. The minimum Gasteiger partial charge on any atom is -0.320 e. The minimum absolute atomic E-state index is 1.11. The molecule has 0 spiro atoms. The first-order chi connectivity index (χ1) is 6.74. The van der Waals surface area contributed by atoms with Gasteiger partial charge in [0.1, 0.15) is 0 Å². The molecular weight excluding hydrogens is 238 g/mol. The van der Waals surface area contributed by atoms with E-state index in [9.17, 15) is 0 Å². The van der Waals surface area contributed by atoms with Crippen LogP contribution in [0.1, 0.15) is 24.0 Å². The second-order valence-electron chi connectivity index (χ2n) is 3.66. The number of nitrogens with one attached hydrogen (secondary N) is 1. The standard InChI is InChI=1S/C12H18BrN/c1-10-6-7-11(12(13)9-10)5-3-4-8-14-2/h6-7,9,14H,3-5,8H2,1-2H3. The van der Waals surface area contributed by atoms with Crippen LogP contribution in [0.25, 0.3) is 0 Å². The summed E-state index contributed by atoms with van der Waals surface area (Å²) in [5, 5.41) is 3.17. The summed E-state index contributed by atoms with van der Waals surface area (Å²) in [7, 11) is 2.00. The zero-order valence-corrected chi connectivity index (χ0v) is 10.5. The lowest BCUT2D eigenvalue weighted by molar-refractivity contribution is 0.676. The Balaban J connectivity index is 2.42. The predicted octanol–water partition coefficient (Wildman–Crippen LogP) is 3.30. The molecule has 0 saturated carbocycles. The highest BCUT2D eigenvalue weighted by atomic mass is 79.9. The van der Waals surface area contributed by atoms with Gasteiger partial charge < -0.3 is 5.32 Å². The molecule has 0 saturated heterocycles. The van der Waals surface area contributed by atoms with E-state index in [4.69, 9.17) is 0 Å². The van der Waals surface area contributed by atoms with Gasteiger partial charge in [-0.05, 0) is 57.0 Å². The van der Waals surface area contributed by atoms with Gasteiger partial charge >= 0.3 is 0 Å². The molecule has 1 aromatic rings. The maximum absolute atomic E-state index is 3.60. The summed E-state index contributed by atoms with van der Waals surface area (Å²) in [5.41, 5.74) is 2.74. The molecule has 1 N–H and O–H groups in total. The fourth-order valence-corrected chi connectivity index (χ4v) is 2.16. The smallest absolute Gasteiger partial charge is 0.0209 e. The lowest BCUT2D eigenvalue weighted by Crippen LogP contribution is -2.07. The molecular formula is C12H18BrN. The molecule has 0 heterocycles. The minimum atomic E-state index is 1.11. The average Bonchev–Trinajstić information content (AvgIpc) is 2.15. The van der Waals surface area contributed by atoms with Crippen LogP contribution in [0.15, 0.2) is 22.7 Å². The normalized spacial score (nSPS) is 10.5. The van der Waals surface area contributed by atoms with E-state index < -0.39 is 0 Å². The summed E-state index contributed by atoms with van der Waals surface area (Å²) < 4.78 is 1.25. The van der Waals surface area contributed by atoms with Gasteiger partial charge in [-0.3, -0.25) is 0 Å².